The maximum absolute atomic E-state index is 13.0. The number of nitrogens with zero attached hydrogens (tertiary/aromatic N) is 2. The van der Waals surface area contributed by atoms with Crippen molar-refractivity contribution >= 4 is 51.7 Å². The summed E-state index contributed by atoms with van der Waals surface area (Å²) >= 11 is 0. The van der Waals surface area contributed by atoms with Crippen molar-refractivity contribution in [1.29, 1.82) is 0 Å². The van der Waals surface area contributed by atoms with E-state index in [2.05, 4.69) is 25.2 Å². The fraction of sp³-hybridized carbons (Fsp3) is 0.0435. The SMILES string of the molecule is Cl.O=C(Nc1ccc(F)cc1)Nc1cccc2c1ccn2Cc1c[nH]c2ncccc12. The summed E-state index contributed by atoms with van der Waals surface area (Å²) in [5.41, 5.74) is 4.23. The summed E-state index contributed by atoms with van der Waals surface area (Å²) in [4.78, 5) is 19.9. The topological polar surface area (TPSA) is 74.7 Å². The smallest absolute Gasteiger partial charge is 0.323 e. The molecule has 156 valence electrons. The lowest BCUT2D eigenvalue weighted by Crippen LogP contribution is -2.19. The van der Waals surface area contributed by atoms with Crippen LogP contribution in [0.15, 0.2) is 79.3 Å². The minimum Gasteiger partial charge on any atom is -0.346 e. The molecular weight excluding hydrogens is 417 g/mol. The van der Waals surface area contributed by atoms with E-state index >= 15 is 0 Å². The summed E-state index contributed by atoms with van der Waals surface area (Å²) < 4.78 is 15.2. The van der Waals surface area contributed by atoms with Gasteiger partial charge in [-0.2, -0.15) is 0 Å². The molecule has 0 aliphatic heterocycles. The first-order valence-corrected chi connectivity index (χ1v) is 9.50. The third kappa shape index (κ3) is 4.08. The number of hydrogen-bond acceptors (Lipinski definition) is 2. The number of carbonyl (C=O) groups excluding carboxylic acids is 1. The molecule has 3 heterocycles. The van der Waals surface area contributed by atoms with Gasteiger partial charge in [-0.25, -0.2) is 14.2 Å². The number of halogens is 2. The Balaban J connectivity index is 0.00000231. The molecule has 5 rings (SSSR count). The highest BCUT2D eigenvalue weighted by molar-refractivity contribution is 6.05. The summed E-state index contributed by atoms with van der Waals surface area (Å²) in [5.74, 6) is -0.349. The van der Waals surface area contributed by atoms with Gasteiger partial charge in [-0.1, -0.05) is 6.07 Å². The highest BCUT2D eigenvalue weighted by atomic mass is 35.5. The maximum Gasteiger partial charge on any atom is 0.323 e. The van der Waals surface area contributed by atoms with Crippen molar-refractivity contribution in [2.45, 2.75) is 6.54 Å². The minimum absolute atomic E-state index is 0. The molecule has 0 spiro atoms. The number of fused-ring (bicyclic) bond motifs is 2. The number of nitrogens with one attached hydrogen (secondary N) is 3. The summed E-state index contributed by atoms with van der Waals surface area (Å²) in [6, 6.07) is 17.0. The van der Waals surface area contributed by atoms with Gasteiger partial charge in [-0.15, -0.1) is 12.4 Å². The second-order valence-electron chi connectivity index (χ2n) is 6.98. The van der Waals surface area contributed by atoms with Gasteiger partial charge in [-0.3, -0.25) is 0 Å². The molecule has 0 radical (unpaired) electrons. The van der Waals surface area contributed by atoms with Crippen molar-refractivity contribution in [3.05, 3.63) is 90.6 Å². The zero-order valence-corrected chi connectivity index (χ0v) is 17.1. The lowest BCUT2D eigenvalue weighted by molar-refractivity contribution is 0.262. The lowest BCUT2D eigenvalue weighted by atomic mass is 10.2. The van der Waals surface area contributed by atoms with Gasteiger partial charge in [-0.05, 0) is 60.2 Å². The molecule has 5 aromatic rings. The summed E-state index contributed by atoms with van der Waals surface area (Å²) in [5, 5.41) is 7.61. The Morgan fingerprint density at radius 1 is 1.00 bits per heavy atom. The molecule has 0 saturated heterocycles. The number of hydrogen-bond donors (Lipinski definition) is 3. The van der Waals surface area contributed by atoms with Crippen molar-refractivity contribution in [2.75, 3.05) is 10.6 Å². The number of rotatable bonds is 4. The fourth-order valence-electron chi connectivity index (χ4n) is 3.62. The fourth-order valence-corrected chi connectivity index (χ4v) is 3.62. The van der Waals surface area contributed by atoms with Gasteiger partial charge in [0, 0.05) is 41.6 Å². The number of H-pyrrole nitrogens is 1. The van der Waals surface area contributed by atoms with E-state index in [1.165, 1.54) is 24.3 Å². The van der Waals surface area contributed by atoms with E-state index < -0.39 is 0 Å². The average Bonchev–Trinajstić information content (AvgIpc) is 3.35. The van der Waals surface area contributed by atoms with Crippen molar-refractivity contribution in [3.63, 3.8) is 0 Å². The molecule has 0 atom stereocenters. The number of amides is 2. The van der Waals surface area contributed by atoms with E-state index in [-0.39, 0.29) is 24.3 Å². The Morgan fingerprint density at radius 3 is 2.68 bits per heavy atom. The molecule has 6 nitrogen and oxygen atoms in total. The number of pyridine rings is 1. The molecule has 3 N–H and O–H groups in total. The zero-order chi connectivity index (χ0) is 20.5. The van der Waals surface area contributed by atoms with E-state index in [1.807, 2.05) is 48.8 Å². The Morgan fingerprint density at radius 2 is 1.84 bits per heavy atom. The average molecular weight is 436 g/mol. The van der Waals surface area contributed by atoms with Gasteiger partial charge in [0.05, 0.1) is 11.2 Å². The number of benzene rings is 2. The van der Waals surface area contributed by atoms with Crippen LogP contribution in [0.1, 0.15) is 5.56 Å². The normalized spacial score (nSPS) is 10.7. The summed E-state index contributed by atoms with van der Waals surface area (Å²) in [7, 11) is 0. The molecule has 0 fully saturated rings. The number of urea groups is 1. The van der Waals surface area contributed by atoms with Gasteiger partial charge in [0.1, 0.15) is 11.5 Å². The second kappa shape index (κ2) is 8.49. The molecule has 0 aliphatic rings. The van der Waals surface area contributed by atoms with Crippen molar-refractivity contribution in [3.8, 4) is 0 Å². The van der Waals surface area contributed by atoms with Crippen LogP contribution >= 0.6 is 12.4 Å². The number of anilines is 2. The van der Waals surface area contributed by atoms with Crippen molar-refractivity contribution < 1.29 is 9.18 Å². The van der Waals surface area contributed by atoms with E-state index in [9.17, 15) is 9.18 Å². The van der Waals surface area contributed by atoms with Crippen LogP contribution in [-0.4, -0.2) is 20.6 Å². The van der Waals surface area contributed by atoms with Crippen LogP contribution in [0.5, 0.6) is 0 Å². The number of carbonyl (C=O) groups is 1. The third-order valence-electron chi connectivity index (χ3n) is 5.04. The molecule has 0 aliphatic carbocycles. The Kier molecular flexibility index (Phi) is 5.60. The molecule has 0 saturated carbocycles. The van der Waals surface area contributed by atoms with Crippen molar-refractivity contribution in [2.24, 2.45) is 0 Å². The van der Waals surface area contributed by atoms with Gasteiger partial charge in [0.15, 0.2) is 0 Å². The van der Waals surface area contributed by atoms with Crippen LogP contribution in [0.25, 0.3) is 21.9 Å². The number of aromatic amines is 1. The molecule has 2 aromatic carbocycles. The molecule has 0 bridgehead atoms. The monoisotopic (exact) mass is 435 g/mol. The van der Waals surface area contributed by atoms with E-state index in [0.717, 1.165) is 27.5 Å². The van der Waals surface area contributed by atoms with Crippen LogP contribution in [-0.2, 0) is 6.54 Å². The molecular formula is C23H19ClFN5O. The van der Waals surface area contributed by atoms with Crippen LogP contribution in [0.3, 0.4) is 0 Å². The zero-order valence-electron chi connectivity index (χ0n) is 16.3. The van der Waals surface area contributed by atoms with Gasteiger partial charge >= 0.3 is 6.03 Å². The maximum atomic E-state index is 13.0. The largest absolute Gasteiger partial charge is 0.346 e. The van der Waals surface area contributed by atoms with Crippen LogP contribution in [0.4, 0.5) is 20.6 Å². The van der Waals surface area contributed by atoms with Crippen molar-refractivity contribution in [1.82, 2.24) is 14.5 Å². The van der Waals surface area contributed by atoms with Gasteiger partial charge in [0.2, 0.25) is 0 Å². The van der Waals surface area contributed by atoms with Crippen LogP contribution in [0.2, 0.25) is 0 Å². The highest BCUT2D eigenvalue weighted by Gasteiger charge is 2.11. The molecule has 3 aromatic heterocycles. The summed E-state index contributed by atoms with van der Waals surface area (Å²) in [6.07, 6.45) is 5.74. The molecule has 0 unspecified atom stereocenters. The molecule has 8 heteroatoms. The third-order valence-corrected chi connectivity index (χ3v) is 5.04. The van der Waals surface area contributed by atoms with Gasteiger partial charge < -0.3 is 20.2 Å². The van der Waals surface area contributed by atoms with Crippen LogP contribution in [0, 0.1) is 5.82 Å². The Labute approximate surface area is 183 Å². The first kappa shape index (κ1) is 20.4. The molecule has 31 heavy (non-hydrogen) atoms. The highest BCUT2D eigenvalue weighted by Crippen LogP contribution is 2.26. The first-order chi connectivity index (χ1) is 14.7. The predicted molar refractivity (Wildman–Crippen MR) is 123 cm³/mol. The lowest BCUT2D eigenvalue weighted by Gasteiger charge is -2.10. The Bertz CT molecular complexity index is 1360. The number of aromatic nitrogens is 3. The van der Waals surface area contributed by atoms with E-state index in [4.69, 9.17) is 0 Å². The second-order valence-corrected chi connectivity index (χ2v) is 6.98. The predicted octanol–water partition coefficient (Wildman–Crippen LogP) is 5.77. The molecule has 2 amide bonds. The summed E-state index contributed by atoms with van der Waals surface area (Å²) in [6.45, 7) is 0.681. The van der Waals surface area contributed by atoms with E-state index in [1.54, 1.807) is 6.20 Å². The van der Waals surface area contributed by atoms with Crippen LogP contribution < -0.4 is 10.6 Å². The quantitative estimate of drug-likeness (QED) is 0.335. The Hall–Kier alpha value is -3.84. The standard InChI is InChI=1S/C23H18FN5O.ClH/c24-16-6-8-17(9-7-16)27-23(30)28-20-4-1-5-21-19(20)10-12-29(21)14-15-13-26-22-18(15)3-2-11-25-22;/h1-13H,14H2,(H,25,26)(H2,27,28,30);1H. The van der Waals surface area contributed by atoms with Gasteiger partial charge in [0.25, 0.3) is 0 Å². The minimum atomic E-state index is -0.385. The van der Waals surface area contributed by atoms with E-state index in [0.29, 0.717) is 17.9 Å². The first-order valence-electron chi connectivity index (χ1n) is 9.50.